The van der Waals surface area contributed by atoms with Gasteiger partial charge < -0.3 is 10.0 Å². The molecule has 0 fully saturated rings. The minimum atomic E-state index is -1.09. The van der Waals surface area contributed by atoms with Gasteiger partial charge in [-0.25, -0.2) is 4.79 Å². The van der Waals surface area contributed by atoms with Crippen LogP contribution in [0.4, 0.5) is 5.69 Å². The summed E-state index contributed by atoms with van der Waals surface area (Å²) in [4.78, 5) is 35.6. The first-order valence-electron chi connectivity index (χ1n) is 7.28. The Hall–Kier alpha value is -3.21. The van der Waals surface area contributed by atoms with E-state index in [0.29, 0.717) is 11.3 Å². The third-order valence-corrected chi connectivity index (χ3v) is 3.67. The number of anilines is 1. The number of para-hydroxylation sites is 1. The van der Waals surface area contributed by atoms with E-state index in [2.05, 4.69) is 0 Å². The van der Waals surface area contributed by atoms with Gasteiger partial charge in [0.05, 0.1) is 11.3 Å². The van der Waals surface area contributed by atoms with Gasteiger partial charge in [-0.05, 0) is 36.3 Å². The van der Waals surface area contributed by atoms with E-state index in [4.69, 9.17) is 0 Å². The van der Waals surface area contributed by atoms with Gasteiger partial charge in [-0.3, -0.25) is 9.59 Å². The number of hydrogen-bond acceptors (Lipinski definition) is 3. The molecule has 0 heterocycles. The number of likely N-dealkylation sites (N-methyl/N-ethyl adjacent to an activating group) is 1. The quantitative estimate of drug-likeness (QED) is 0.677. The summed E-state index contributed by atoms with van der Waals surface area (Å²) in [6, 6.07) is 11.6. The second-order valence-corrected chi connectivity index (χ2v) is 5.29. The minimum Gasteiger partial charge on any atom is -0.478 e. The first-order valence-corrected chi connectivity index (χ1v) is 7.28. The SMILES string of the molecule is Cc1cc(/C=C/C(=O)N(C)c2ccccc2C(=O)O)ccc1C=O. The largest absolute Gasteiger partial charge is 0.478 e. The number of benzene rings is 2. The smallest absolute Gasteiger partial charge is 0.337 e. The summed E-state index contributed by atoms with van der Waals surface area (Å²) in [5.41, 5.74) is 2.60. The molecule has 0 atom stereocenters. The van der Waals surface area contributed by atoms with Gasteiger partial charge in [0, 0.05) is 18.7 Å². The lowest BCUT2D eigenvalue weighted by atomic mass is 10.1. The zero-order chi connectivity index (χ0) is 17.7. The number of aromatic carboxylic acids is 1. The molecular weight excluding hydrogens is 306 g/mol. The molecule has 0 bridgehead atoms. The lowest BCUT2D eigenvalue weighted by molar-refractivity contribution is -0.113. The van der Waals surface area contributed by atoms with Gasteiger partial charge in [0.25, 0.3) is 5.91 Å². The number of aldehydes is 1. The van der Waals surface area contributed by atoms with Gasteiger partial charge in [-0.15, -0.1) is 0 Å². The van der Waals surface area contributed by atoms with E-state index in [0.717, 1.165) is 17.4 Å². The summed E-state index contributed by atoms with van der Waals surface area (Å²) < 4.78 is 0. The lowest BCUT2D eigenvalue weighted by Crippen LogP contribution is -2.25. The summed E-state index contributed by atoms with van der Waals surface area (Å²) in [6.45, 7) is 1.82. The van der Waals surface area contributed by atoms with Crippen LogP contribution in [0.1, 0.15) is 31.8 Å². The molecule has 2 rings (SSSR count). The predicted octanol–water partition coefficient (Wildman–Crippen LogP) is 3.18. The number of aryl methyl sites for hydroxylation is 1. The van der Waals surface area contributed by atoms with E-state index in [9.17, 15) is 19.5 Å². The fourth-order valence-corrected chi connectivity index (χ4v) is 2.28. The van der Waals surface area contributed by atoms with Crippen molar-refractivity contribution in [2.75, 3.05) is 11.9 Å². The molecule has 0 aromatic heterocycles. The predicted molar refractivity (Wildman–Crippen MR) is 92.4 cm³/mol. The monoisotopic (exact) mass is 323 g/mol. The molecule has 1 N–H and O–H groups in total. The summed E-state index contributed by atoms with van der Waals surface area (Å²) in [7, 11) is 1.52. The summed E-state index contributed by atoms with van der Waals surface area (Å²) >= 11 is 0. The molecule has 5 heteroatoms. The number of rotatable bonds is 5. The lowest BCUT2D eigenvalue weighted by Gasteiger charge is -2.17. The molecule has 0 aliphatic heterocycles. The van der Waals surface area contributed by atoms with Crippen LogP contribution < -0.4 is 4.90 Å². The van der Waals surface area contributed by atoms with E-state index < -0.39 is 5.97 Å². The Kier molecular flexibility index (Phi) is 5.27. The van der Waals surface area contributed by atoms with Gasteiger partial charge in [0.2, 0.25) is 0 Å². The fraction of sp³-hybridized carbons (Fsp3) is 0.105. The summed E-state index contributed by atoms with van der Waals surface area (Å²) in [5.74, 6) is -1.44. The van der Waals surface area contributed by atoms with Crippen LogP contribution in [0.15, 0.2) is 48.5 Å². The Morgan fingerprint density at radius 3 is 2.46 bits per heavy atom. The van der Waals surface area contributed by atoms with Crippen LogP contribution in [-0.4, -0.2) is 30.3 Å². The van der Waals surface area contributed by atoms with Crippen LogP contribution in [0.3, 0.4) is 0 Å². The minimum absolute atomic E-state index is 0.0629. The molecule has 1 amide bonds. The Bertz CT molecular complexity index is 824. The van der Waals surface area contributed by atoms with Crippen LogP contribution in [0.2, 0.25) is 0 Å². The molecule has 5 nitrogen and oxygen atoms in total. The molecule has 0 aliphatic carbocycles. The van der Waals surface area contributed by atoms with Crippen LogP contribution >= 0.6 is 0 Å². The molecule has 0 unspecified atom stereocenters. The Morgan fingerprint density at radius 2 is 1.83 bits per heavy atom. The highest BCUT2D eigenvalue weighted by molar-refractivity contribution is 6.07. The fourth-order valence-electron chi connectivity index (χ4n) is 2.28. The van der Waals surface area contributed by atoms with Gasteiger partial charge >= 0.3 is 5.97 Å². The zero-order valence-corrected chi connectivity index (χ0v) is 13.4. The van der Waals surface area contributed by atoms with Crippen molar-refractivity contribution >= 4 is 29.9 Å². The molecule has 0 aliphatic rings. The number of carboxylic acids is 1. The molecule has 2 aromatic rings. The van der Waals surface area contributed by atoms with Gasteiger partial charge in [-0.2, -0.15) is 0 Å². The third kappa shape index (κ3) is 3.76. The van der Waals surface area contributed by atoms with Crippen LogP contribution in [0.5, 0.6) is 0 Å². The van der Waals surface area contributed by atoms with Crippen molar-refractivity contribution in [1.82, 2.24) is 0 Å². The van der Waals surface area contributed by atoms with Gasteiger partial charge in [0.15, 0.2) is 0 Å². The third-order valence-electron chi connectivity index (χ3n) is 3.67. The van der Waals surface area contributed by atoms with E-state index in [1.807, 2.05) is 6.92 Å². The first kappa shape index (κ1) is 17.1. The van der Waals surface area contributed by atoms with Crippen molar-refractivity contribution in [2.45, 2.75) is 6.92 Å². The van der Waals surface area contributed by atoms with E-state index in [1.54, 1.807) is 42.5 Å². The second kappa shape index (κ2) is 7.37. The topological polar surface area (TPSA) is 74.7 Å². The number of carbonyl (C=O) groups excluding carboxylic acids is 2. The molecule has 24 heavy (non-hydrogen) atoms. The number of carboxylic acid groups (broad SMARTS) is 1. The summed E-state index contributed by atoms with van der Waals surface area (Å²) in [6.07, 6.45) is 3.78. The second-order valence-electron chi connectivity index (χ2n) is 5.29. The Balaban J connectivity index is 2.22. The molecule has 2 aromatic carbocycles. The summed E-state index contributed by atoms with van der Waals surface area (Å²) in [5, 5.41) is 9.20. The van der Waals surface area contributed by atoms with Crippen LogP contribution in [-0.2, 0) is 4.79 Å². The van der Waals surface area contributed by atoms with Crippen molar-refractivity contribution in [3.63, 3.8) is 0 Å². The van der Waals surface area contributed by atoms with Crippen molar-refractivity contribution in [2.24, 2.45) is 0 Å². The van der Waals surface area contributed by atoms with E-state index in [-0.39, 0.29) is 11.5 Å². The molecule has 0 saturated carbocycles. The number of nitrogens with zero attached hydrogens (tertiary/aromatic N) is 1. The van der Waals surface area contributed by atoms with Gasteiger partial charge in [0.1, 0.15) is 6.29 Å². The standard InChI is InChI=1S/C19H17NO4/c1-13-11-14(7-9-15(13)12-21)8-10-18(22)20(2)17-6-4-3-5-16(17)19(23)24/h3-12H,1-2H3,(H,23,24)/b10-8+. The normalized spacial score (nSPS) is 10.6. The van der Waals surface area contributed by atoms with Crippen LogP contribution in [0.25, 0.3) is 6.08 Å². The maximum atomic E-state index is 12.3. The number of hydrogen-bond donors (Lipinski definition) is 1. The van der Waals surface area contributed by atoms with Crippen LogP contribution in [0, 0.1) is 6.92 Å². The van der Waals surface area contributed by atoms with Gasteiger partial charge in [-0.1, -0.05) is 30.3 Å². The maximum Gasteiger partial charge on any atom is 0.337 e. The van der Waals surface area contributed by atoms with E-state index in [1.165, 1.54) is 24.1 Å². The highest BCUT2D eigenvalue weighted by Crippen LogP contribution is 2.20. The van der Waals surface area contributed by atoms with Crippen molar-refractivity contribution in [3.05, 3.63) is 70.8 Å². The molecule has 0 spiro atoms. The number of amides is 1. The zero-order valence-electron chi connectivity index (χ0n) is 13.4. The molecule has 0 radical (unpaired) electrons. The molecule has 122 valence electrons. The highest BCUT2D eigenvalue weighted by atomic mass is 16.4. The number of carbonyl (C=O) groups is 3. The molecule has 0 saturated heterocycles. The highest BCUT2D eigenvalue weighted by Gasteiger charge is 2.15. The Labute approximate surface area is 139 Å². The van der Waals surface area contributed by atoms with Crippen molar-refractivity contribution in [3.8, 4) is 0 Å². The Morgan fingerprint density at radius 1 is 1.12 bits per heavy atom. The first-order chi connectivity index (χ1) is 11.4. The maximum absolute atomic E-state index is 12.3. The van der Waals surface area contributed by atoms with E-state index >= 15 is 0 Å². The molecular formula is C19H17NO4. The van der Waals surface area contributed by atoms with Crippen molar-refractivity contribution in [1.29, 1.82) is 0 Å². The average molecular weight is 323 g/mol. The average Bonchev–Trinajstić information content (AvgIpc) is 2.59. The van der Waals surface area contributed by atoms with Crippen molar-refractivity contribution < 1.29 is 19.5 Å².